The molecular weight excluding hydrogens is 327 g/mol. The van der Waals surface area contributed by atoms with Crippen molar-refractivity contribution in [3.05, 3.63) is 63.6 Å². The number of carboxylic acid groups (broad SMARTS) is 1. The van der Waals surface area contributed by atoms with Crippen LogP contribution in [0.4, 0.5) is 10.5 Å². The van der Waals surface area contributed by atoms with Gasteiger partial charge in [-0.25, -0.2) is 9.59 Å². The molecule has 2 aromatic carbocycles. The average molecular weight is 339 g/mol. The molecule has 0 bridgehead atoms. The molecule has 3 N–H and O–H groups in total. The highest BCUT2D eigenvalue weighted by Gasteiger charge is 2.06. The lowest BCUT2D eigenvalue weighted by molar-refractivity contribution is 0.0697. The molecule has 0 spiro atoms. The average Bonchev–Trinajstić information content (AvgIpc) is 2.49. The summed E-state index contributed by atoms with van der Waals surface area (Å²) in [6.45, 7) is 0.265. The van der Waals surface area contributed by atoms with Crippen LogP contribution in [0, 0.1) is 0 Å². The van der Waals surface area contributed by atoms with Gasteiger partial charge in [0.1, 0.15) is 0 Å². The predicted octanol–water partition coefficient (Wildman–Crippen LogP) is 4.01. The number of amides is 2. The maximum atomic E-state index is 11.8. The molecule has 22 heavy (non-hydrogen) atoms. The van der Waals surface area contributed by atoms with Gasteiger partial charge in [-0.15, -0.1) is 0 Å². The summed E-state index contributed by atoms with van der Waals surface area (Å²) in [7, 11) is 0. The number of rotatable bonds is 4. The summed E-state index contributed by atoms with van der Waals surface area (Å²) in [5, 5.41) is 15.0. The Hall–Kier alpha value is -2.24. The Morgan fingerprint density at radius 3 is 2.50 bits per heavy atom. The molecule has 0 aromatic heterocycles. The normalized spacial score (nSPS) is 10.1. The van der Waals surface area contributed by atoms with E-state index in [2.05, 4.69) is 10.6 Å². The molecule has 7 heteroatoms. The first-order valence-electron chi connectivity index (χ1n) is 6.28. The van der Waals surface area contributed by atoms with Crippen molar-refractivity contribution in [1.29, 1.82) is 0 Å². The molecule has 2 amide bonds. The van der Waals surface area contributed by atoms with E-state index in [0.29, 0.717) is 15.7 Å². The minimum Gasteiger partial charge on any atom is -0.478 e. The van der Waals surface area contributed by atoms with Gasteiger partial charge in [-0.1, -0.05) is 35.3 Å². The summed E-state index contributed by atoms with van der Waals surface area (Å²) < 4.78 is 0. The number of benzene rings is 2. The number of carbonyl (C=O) groups excluding carboxylic acids is 1. The van der Waals surface area contributed by atoms with Crippen LogP contribution in [-0.4, -0.2) is 17.1 Å². The molecule has 5 nitrogen and oxygen atoms in total. The zero-order valence-corrected chi connectivity index (χ0v) is 12.8. The third-order valence-electron chi connectivity index (χ3n) is 2.80. The van der Waals surface area contributed by atoms with E-state index in [1.54, 1.807) is 30.3 Å². The Bertz CT molecular complexity index is 720. The minimum absolute atomic E-state index is 0.0993. The maximum Gasteiger partial charge on any atom is 0.335 e. The van der Waals surface area contributed by atoms with Crippen molar-refractivity contribution in [3.8, 4) is 0 Å². The summed E-state index contributed by atoms with van der Waals surface area (Å²) in [6, 6.07) is 10.6. The van der Waals surface area contributed by atoms with Crippen LogP contribution in [0.25, 0.3) is 0 Å². The monoisotopic (exact) mass is 338 g/mol. The molecule has 0 aliphatic carbocycles. The first kappa shape index (κ1) is 16.1. The number of carboxylic acids is 1. The molecule has 0 saturated carbocycles. The fourth-order valence-electron chi connectivity index (χ4n) is 1.74. The molecule has 114 valence electrons. The third kappa shape index (κ3) is 4.38. The number of carbonyl (C=O) groups is 2. The van der Waals surface area contributed by atoms with Crippen molar-refractivity contribution in [3.63, 3.8) is 0 Å². The van der Waals surface area contributed by atoms with Crippen LogP contribution in [0.1, 0.15) is 15.9 Å². The molecule has 0 aliphatic heterocycles. The number of urea groups is 1. The summed E-state index contributed by atoms with van der Waals surface area (Å²) in [6.07, 6.45) is 0. The van der Waals surface area contributed by atoms with E-state index in [1.165, 1.54) is 12.1 Å². The number of aromatic carboxylic acids is 1. The summed E-state index contributed by atoms with van der Waals surface area (Å²) in [5.74, 6) is -1.06. The Balaban J connectivity index is 1.94. The van der Waals surface area contributed by atoms with E-state index >= 15 is 0 Å². The standard InChI is InChI=1S/C15H12Cl2N2O3/c16-12-5-4-9(6-13(12)17)8-18-15(22)19-11-3-1-2-10(7-11)14(20)21/h1-7H,8H2,(H,20,21)(H2,18,19,22). The number of hydrogen-bond donors (Lipinski definition) is 3. The van der Waals surface area contributed by atoms with Crippen molar-refractivity contribution in [2.75, 3.05) is 5.32 Å². The lowest BCUT2D eigenvalue weighted by Crippen LogP contribution is -2.28. The van der Waals surface area contributed by atoms with Gasteiger partial charge in [0.15, 0.2) is 0 Å². The Kier molecular flexibility index (Phi) is 5.25. The first-order valence-corrected chi connectivity index (χ1v) is 7.03. The number of anilines is 1. The van der Waals surface area contributed by atoms with Gasteiger partial charge >= 0.3 is 12.0 Å². The van der Waals surface area contributed by atoms with Crippen molar-refractivity contribution in [1.82, 2.24) is 5.32 Å². The van der Waals surface area contributed by atoms with E-state index in [1.807, 2.05) is 0 Å². The molecule has 0 atom stereocenters. The van der Waals surface area contributed by atoms with Crippen molar-refractivity contribution >= 4 is 40.9 Å². The quantitative estimate of drug-likeness (QED) is 0.787. The zero-order chi connectivity index (χ0) is 16.1. The van der Waals surface area contributed by atoms with E-state index in [9.17, 15) is 9.59 Å². The third-order valence-corrected chi connectivity index (χ3v) is 3.54. The molecule has 0 fully saturated rings. The lowest BCUT2D eigenvalue weighted by atomic mass is 10.2. The Labute approximate surface area is 136 Å². The molecule has 2 aromatic rings. The lowest BCUT2D eigenvalue weighted by Gasteiger charge is -2.09. The van der Waals surface area contributed by atoms with Crippen molar-refractivity contribution in [2.24, 2.45) is 0 Å². The molecule has 0 aliphatic rings. The number of hydrogen-bond acceptors (Lipinski definition) is 2. The Morgan fingerprint density at radius 1 is 1.05 bits per heavy atom. The number of halogens is 2. The van der Waals surface area contributed by atoms with Crippen molar-refractivity contribution < 1.29 is 14.7 Å². The Morgan fingerprint density at radius 2 is 1.82 bits per heavy atom. The summed E-state index contributed by atoms with van der Waals surface area (Å²) in [4.78, 5) is 22.6. The molecule has 0 saturated heterocycles. The molecule has 0 heterocycles. The predicted molar refractivity (Wildman–Crippen MR) is 85.7 cm³/mol. The number of nitrogens with one attached hydrogen (secondary N) is 2. The maximum absolute atomic E-state index is 11.8. The van der Waals surface area contributed by atoms with Crippen LogP contribution < -0.4 is 10.6 Å². The van der Waals surface area contributed by atoms with Crippen LogP contribution in [-0.2, 0) is 6.54 Å². The topological polar surface area (TPSA) is 78.4 Å². The highest BCUT2D eigenvalue weighted by Crippen LogP contribution is 2.22. The molecular formula is C15H12Cl2N2O3. The second kappa shape index (κ2) is 7.15. The zero-order valence-electron chi connectivity index (χ0n) is 11.3. The van der Waals surface area contributed by atoms with E-state index in [-0.39, 0.29) is 12.1 Å². The van der Waals surface area contributed by atoms with Gasteiger partial charge in [-0.2, -0.15) is 0 Å². The van der Waals surface area contributed by atoms with Gasteiger partial charge in [0.05, 0.1) is 15.6 Å². The van der Waals surface area contributed by atoms with Crippen molar-refractivity contribution in [2.45, 2.75) is 6.54 Å². The van der Waals surface area contributed by atoms with Crippen LogP contribution in [0.3, 0.4) is 0 Å². The van der Waals surface area contributed by atoms with Gasteiger partial charge in [-0.05, 0) is 35.9 Å². The van der Waals surface area contributed by atoms with Crippen LogP contribution in [0.5, 0.6) is 0 Å². The van der Waals surface area contributed by atoms with Crippen LogP contribution in [0.2, 0.25) is 10.0 Å². The van der Waals surface area contributed by atoms with Gasteiger partial charge in [0.25, 0.3) is 0 Å². The summed E-state index contributed by atoms with van der Waals surface area (Å²) in [5.41, 5.74) is 1.29. The van der Waals surface area contributed by atoms with Crippen LogP contribution >= 0.6 is 23.2 Å². The minimum atomic E-state index is -1.06. The van der Waals surface area contributed by atoms with E-state index in [0.717, 1.165) is 5.56 Å². The highest BCUT2D eigenvalue weighted by atomic mass is 35.5. The van der Waals surface area contributed by atoms with Gasteiger partial charge in [0, 0.05) is 12.2 Å². The molecule has 0 radical (unpaired) electrons. The largest absolute Gasteiger partial charge is 0.478 e. The second-order valence-electron chi connectivity index (χ2n) is 4.44. The molecule has 0 unspecified atom stereocenters. The smallest absolute Gasteiger partial charge is 0.335 e. The highest BCUT2D eigenvalue weighted by molar-refractivity contribution is 6.42. The molecule has 2 rings (SSSR count). The van der Waals surface area contributed by atoms with Gasteiger partial charge < -0.3 is 15.7 Å². The first-order chi connectivity index (χ1) is 10.5. The fraction of sp³-hybridized carbons (Fsp3) is 0.0667. The van der Waals surface area contributed by atoms with E-state index < -0.39 is 12.0 Å². The fourth-order valence-corrected chi connectivity index (χ4v) is 2.06. The van der Waals surface area contributed by atoms with E-state index in [4.69, 9.17) is 28.3 Å². The SMILES string of the molecule is O=C(NCc1ccc(Cl)c(Cl)c1)Nc1cccc(C(=O)O)c1. The van der Waals surface area contributed by atoms with Gasteiger partial charge in [0.2, 0.25) is 0 Å². The van der Waals surface area contributed by atoms with Gasteiger partial charge in [-0.3, -0.25) is 0 Å². The summed E-state index contributed by atoms with van der Waals surface area (Å²) >= 11 is 11.7. The van der Waals surface area contributed by atoms with Crippen LogP contribution in [0.15, 0.2) is 42.5 Å². The second-order valence-corrected chi connectivity index (χ2v) is 5.26.